The minimum atomic E-state index is -0.134. The van der Waals surface area contributed by atoms with E-state index in [2.05, 4.69) is 44.8 Å². The molecular weight excluding hydrogens is 402 g/mol. The van der Waals surface area contributed by atoms with Gasteiger partial charge in [-0.3, -0.25) is 14.5 Å². The smallest absolute Gasteiger partial charge is 0.253 e. The van der Waals surface area contributed by atoms with Gasteiger partial charge in [-0.15, -0.1) is 0 Å². The SMILES string of the molecule is CC(=O)Nc1ccc(Nc2ccc(C(=O)N3CCN(Cc4ccccc4)CC3)cc2)nc1. The highest BCUT2D eigenvalue weighted by Crippen LogP contribution is 2.18. The van der Waals surface area contributed by atoms with Gasteiger partial charge in [-0.2, -0.15) is 0 Å². The zero-order valence-corrected chi connectivity index (χ0v) is 18.1. The van der Waals surface area contributed by atoms with Crippen LogP contribution in [0, 0.1) is 0 Å². The van der Waals surface area contributed by atoms with Crippen molar-refractivity contribution in [1.29, 1.82) is 0 Å². The standard InChI is InChI=1S/C25H27N5O2/c1-19(31)27-23-11-12-24(26-17-23)28-22-9-7-21(8-10-22)25(32)30-15-13-29(14-16-30)18-20-5-3-2-4-6-20/h2-12,17H,13-16,18H2,1H3,(H,26,28)(H,27,31). The molecule has 0 unspecified atom stereocenters. The molecule has 2 N–H and O–H groups in total. The van der Waals surface area contributed by atoms with Crippen LogP contribution < -0.4 is 10.6 Å². The lowest BCUT2D eigenvalue weighted by Gasteiger charge is -2.34. The molecule has 2 aromatic carbocycles. The number of hydrogen-bond donors (Lipinski definition) is 2. The van der Waals surface area contributed by atoms with Crippen LogP contribution in [-0.4, -0.2) is 52.8 Å². The van der Waals surface area contributed by atoms with Gasteiger partial charge in [0, 0.05) is 50.9 Å². The molecular formula is C25H27N5O2. The van der Waals surface area contributed by atoms with Crippen molar-refractivity contribution in [3.8, 4) is 0 Å². The number of carbonyl (C=O) groups excluding carboxylic acids is 2. The normalized spacial score (nSPS) is 14.1. The third kappa shape index (κ3) is 5.70. The van der Waals surface area contributed by atoms with Gasteiger partial charge in [0.25, 0.3) is 5.91 Å². The summed E-state index contributed by atoms with van der Waals surface area (Å²) in [5, 5.41) is 5.89. The van der Waals surface area contributed by atoms with E-state index in [1.165, 1.54) is 12.5 Å². The van der Waals surface area contributed by atoms with Crippen molar-refractivity contribution >= 4 is 29.0 Å². The molecule has 32 heavy (non-hydrogen) atoms. The first-order valence-electron chi connectivity index (χ1n) is 10.7. The van der Waals surface area contributed by atoms with E-state index in [1.807, 2.05) is 35.2 Å². The number of rotatable bonds is 6. The number of piperazine rings is 1. The Morgan fingerprint density at radius 2 is 1.56 bits per heavy atom. The first kappa shape index (κ1) is 21.5. The molecule has 0 atom stereocenters. The van der Waals surface area contributed by atoms with Gasteiger partial charge in [0.2, 0.25) is 5.91 Å². The van der Waals surface area contributed by atoms with Gasteiger partial charge in [-0.25, -0.2) is 4.98 Å². The van der Waals surface area contributed by atoms with E-state index in [1.54, 1.807) is 18.3 Å². The van der Waals surface area contributed by atoms with Crippen molar-refractivity contribution in [2.75, 3.05) is 36.8 Å². The molecule has 0 aliphatic carbocycles. The summed E-state index contributed by atoms with van der Waals surface area (Å²) in [6.07, 6.45) is 1.60. The number of aromatic nitrogens is 1. The van der Waals surface area contributed by atoms with Crippen LogP contribution in [0.4, 0.5) is 17.2 Å². The summed E-state index contributed by atoms with van der Waals surface area (Å²) >= 11 is 0. The number of nitrogens with zero attached hydrogens (tertiary/aromatic N) is 3. The van der Waals surface area contributed by atoms with Crippen LogP contribution in [0.1, 0.15) is 22.8 Å². The predicted octanol–water partition coefficient (Wildman–Crippen LogP) is 3.74. The van der Waals surface area contributed by atoms with Crippen molar-refractivity contribution in [2.24, 2.45) is 0 Å². The Morgan fingerprint density at radius 3 is 2.19 bits per heavy atom. The Balaban J connectivity index is 1.29. The van der Waals surface area contributed by atoms with E-state index in [9.17, 15) is 9.59 Å². The molecule has 0 saturated carbocycles. The van der Waals surface area contributed by atoms with Crippen LogP contribution in [-0.2, 0) is 11.3 Å². The molecule has 7 nitrogen and oxygen atoms in total. The van der Waals surface area contributed by atoms with Crippen LogP contribution >= 0.6 is 0 Å². The third-order valence-corrected chi connectivity index (χ3v) is 5.40. The van der Waals surface area contributed by atoms with Gasteiger partial charge in [0.1, 0.15) is 5.82 Å². The first-order chi connectivity index (χ1) is 15.6. The summed E-state index contributed by atoms with van der Waals surface area (Å²) < 4.78 is 0. The molecule has 164 valence electrons. The second-order valence-corrected chi connectivity index (χ2v) is 7.87. The fourth-order valence-electron chi connectivity index (χ4n) is 3.72. The Labute approximate surface area is 188 Å². The highest BCUT2D eigenvalue weighted by molar-refractivity contribution is 5.94. The lowest BCUT2D eigenvalue weighted by Crippen LogP contribution is -2.48. The molecule has 2 amide bonds. The van der Waals surface area contributed by atoms with Crippen molar-refractivity contribution in [3.63, 3.8) is 0 Å². The summed E-state index contributed by atoms with van der Waals surface area (Å²) in [4.78, 5) is 32.6. The molecule has 1 aliphatic heterocycles. The number of benzene rings is 2. The summed E-state index contributed by atoms with van der Waals surface area (Å²) in [5.41, 5.74) is 3.47. The van der Waals surface area contributed by atoms with Crippen molar-refractivity contribution in [3.05, 3.63) is 84.1 Å². The van der Waals surface area contributed by atoms with Gasteiger partial charge in [-0.1, -0.05) is 30.3 Å². The van der Waals surface area contributed by atoms with E-state index in [4.69, 9.17) is 0 Å². The third-order valence-electron chi connectivity index (χ3n) is 5.40. The molecule has 7 heteroatoms. The average molecular weight is 430 g/mol. The summed E-state index contributed by atoms with van der Waals surface area (Å²) in [7, 11) is 0. The highest BCUT2D eigenvalue weighted by atomic mass is 16.2. The quantitative estimate of drug-likeness (QED) is 0.624. The van der Waals surface area contributed by atoms with E-state index >= 15 is 0 Å². The van der Waals surface area contributed by atoms with Gasteiger partial charge in [0.15, 0.2) is 0 Å². The number of nitrogens with one attached hydrogen (secondary N) is 2. The lowest BCUT2D eigenvalue weighted by molar-refractivity contribution is -0.114. The van der Waals surface area contributed by atoms with Crippen LogP contribution in [0.3, 0.4) is 0 Å². The van der Waals surface area contributed by atoms with Gasteiger partial charge in [0.05, 0.1) is 11.9 Å². The molecule has 1 fully saturated rings. The van der Waals surface area contributed by atoms with Crippen LogP contribution in [0.2, 0.25) is 0 Å². The van der Waals surface area contributed by atoms with E-state index in [0.717, 1.165) is 38.4 Å². The molecule has 1 saturated heterocycles. The van der Waals surface area contributed by atoms with E-state index in [0.29, 0.717) is 17.1 Å². The summed E-state index contributed by atoms with van der Waals surface area (Å²) in [5.74, 6) is 0.590. The Bertz CT molecular complexity index is 1040. The Kier molecular flexibility index (Phi) is 6.77. The molecule has 1 aliphatic rings. The van der Waals surface area contributed by atoms with Crippen molar-refractivity contribution in [1.82, 2.24) is 14.8 Å². The van der Waals surface area contributed by atoms with Gasteiger partial charge < -0.3 is 15.5 Å². The molecule has 4 rings (SSSR count). The average Bonchev–Trinajstić information content (AvgIpc) is 2.81. The molecule has 0 spiro atoms. The second kappa shape index (κ2) is 10.1. The summed E-state index contributed by atoms with van der Waals surface area (Å²) in [6.45, 7) is 5.59. The number of carbonyl (C=O) groups is 2. The lowest BCUT2D eigenvalue weighted by atomic mass is 10.1. The fourth-order valence-corrected chi connectivity index (χ4v) is 3.72. The van der Waals surface area contributed by atoms with E-state index in [-0.39, 0.29) is 11.8 Å². The number of hydrogen-bond acceptors (Lipinski definition) is 5. The minimum absolute atomic E-state index is 0.0636. The van der Waals surface area contributed by atoms with Crippen molar-refractivity contribution in [2.45, 2.75) is 13.5 Å². The second-order valence-electron chi connectivity index (χ2n) is 7.87. The van der Waals surface area contributed by atoms with Crippen LogP contribution in [0.5, 0.6) is 0 Å². The predicted molar refractivity (Wildman–Crippen MR) is 126 cm³/mol. The maximum absolute atomic E-state index is 12.9. The summed E-state index contributed by atoms with van der Waals surface area (Å²) in [6, 6.07) is 21.4. The van der Waals surface area contributed by atoms with Gasteiger partial charge >= 0.3 is 0 Å². The maximum atomic E-state index is 12.9. The van der Waals surface area contributed by atoms with Crippen LogP contribution in [0.25, 0.3) is 0 Å². The zero-order valence-electron chi connectivity index (χ0n) is 18.1. The minimum Gasteiger partial charge on any atom is -0.340 e. The van der Waals surface area contributed by atoms with Crippen molar-refractivity contribution < 1.29 is 9.59 Å². The molecule has 0 bridgehead atoms. The maximum Gasteiger partial charge on any atom is 0.253 e. The Hall–Kier alpha value is -3.71. The first-order valence-corrected chi connectivity index (χ1v) is 10.7. The molecule has 2 heterocycles. The van der Waals surface area contributed by atoms with Crippen LogP contribution in [0.15, 0.2) is 72.9 Å². The highest BCUT2D eigenvalue weighted by Gasteiger charge is 2.22. The van der Waals surface area contributed by atoms with Gasteiger partial charge in [-0.05, 0) is 42.0 Å². The number of pyridine rings is 1. The Morgan fingerprint density at radius 1 is 0.875 bits per heavy atom. The van der Waals surface area contributed by atoms with E-state index < -0.39 is 0 Å². The molecule has 0 radical (unpaired) electrons. The molecule has 3 aromatic rings. The largest absolute Gasteiger partial charge is 0.340 e. The monoisotopic (exact) mass is 429 g/mol. The fraction of sp³-hybridized carbons (Fsp3) is 0.240. The number of anilines is 3. The molecule has 1 aromatic heterocycles. The zero-order chi connectivity index (χ0) is 22.3. The number of amides is 2. The topological polar surface area (TPSA) is 77.6 Å².